The number of ether oxygens (including phenoxy) is 1. The standard InChI is InChI=1S/C16H17F2N5O2/c17-10-1-2-15(13(18)5-10)25-8-12-6-14(23-22-12)16(24)20-7-11-3-4-19-9-21-11/h1-5,9,12,14,22-23H,6-8H2,(H,20,24). The highest BCUT2D eigenvalue weighted by molar-refractivity contribution is 5.81. The van der Waals surface area contributed by atoms with Gasteiger partial charge in [-0.25, -0.2) is 24.2 Å². The lowest BCUT2D eigenvalue weighted by Crippen LogP contribution is -2.43. The van der Waals surface area contributed by atoms with Crippen molar-refractivity contribution in [2.75, 3.05) is 6.61 Å². The van der Waals surface area contributed by atoms with Crippen molar-refractivity contribution in [3.8, 4) is 5.75 Å². The van der Waals surface area contributed by atoms with Crippen molar-refractivity contribution in [1.29, 1.82) is 0 Å². The Kier molecular flexibility index (Phi) is 5.46. The molecule has 1 aliphatic rings. The number of halogens is 2. The molecule has 1 aliphatic heterocycles. The van der Waals surface area contributed by atoms with Crippen molar-refractivity contribution in [3.63, 3.8) is 0 Å². The van der Waals surface area contributed by atoms with Crippen LogP contribution in [0.25, 0.3) is 0 Å². The number of hydrazine groups is 1. The smallest absolute Gasteiger partial charge is 0.238 e. The summed E-state index contributed by atoms with van der Waals surface area (Å²) in [5.74, 6) is -1.63. The lowest BCUT2D eigenvalue weighted by atomic mass is 10.1. The highest BCUT2D eigenvalue weighted by Crippen LogP contribution is 2.18. The van der Waals surface area contributed by atoms with E-state index in [4.69, 9.17) is 4.74 Å². The van der Waals surface area contributed by atoms with Gasteiger partial charge in [0.15, 0.2) is 11.6 Å². The quantitative estimate of drug-likeness (QED) is 0.711. The third-order valence-corrected chi connectivity index (χ3v) is 3.72. The molecule has 2 unspecified atom stereocenters. The molecule has 3 N–H and O–H groups in total. The number of benzene rings is 1. The van der Waals surface area contributed by atoms with Gasteiger partial charge in [-0.2, -0.15) is 0 Å². The van der Waals surface area contributed by atoms with E-state index in [0.717, 1.165) is 12.1 Å². The highest BCUT2D eigenvalue weighted by atomic mass is 19.1. The molecule has 0 saturated carbocycles. The van der Waals surface area contributed by atoms with Crippen molar-refractivity contribution >= 4 is 5.91 Å². The van der Waals surface area contributed by atoms with Crippen LogP contribution in [0.4, 0.5) is 8.78 Å². The zero-order valence-electron chi connectivity index (χ0n) is 13.2. The Hall–Kier alpha value is -2.65. The van der Waals surface area contributed by atoms with E-state index < -0.39 is 17.7 Å². The van der Waals surface area contributed by atoms with Crippen LogP contribution >= 0.6 is 0 Å². The number of amides is 1. The summed E-state index contributed by atoms with van der Waals surface area (Å²) in [6, 6.07) is 4.22. The van der Waals surface area contributed by atoms with Crippen LogP contribution < -0.4 is 20.9 Å². The first-order valence-corrected chi connectivity index (χ1v) is 7.73. The third-order valence-electron chi connectivity index (χ3n) is 3.72. The molecule has 1 saturated heterocycles. The number of hydrogen-bond acceptors (Lipinski definition) is 6. The molecule has 1 amide bonds. The molecule has 132 valence electrons. The minimum Gasteiger partial charge on any atom is -0.489 e. The topological polar surface area (TPSA) is 88.2 Å². The van der Waals surface area contributed by atoms with E-state index in [9.17, 15) is 13.6 Å². The number of nitrogens with zero attached hydrogens (tertiary/aromatic N) is 2. The van der Waals surface area contributed by atoms with E-state index in [2.05, 4.69) is 26.1 Å². The maximum Gasteiger partial charge on any atom is 0.238 e. The minimum absolute atomic E-state index is 0.0279. The van der Waals surface area contributed by atoms with Crippen molar-refractivity contribution in [3.05, 3.63) is 54.1 Å². The SMILES string of the molecule is O=C(NCc1ccncn1)C1CC(COc2ccc(F)cc2F)NN1. The van der Waals surface area contributed by atoms with Gasteiger partial charge in [-0.05, 0) is 24.6 Å². The summed E-state index contributed by atoms with van der Waals surface area (Å²) in [4.78, 5) is 20.0. The zero-order chi connectivity index (χ0) is 17.6. The molecule has 0 spiro atoms. The van der Waals surface area contributed by atoms with E-state index in [1.54, 1.807) is 12.3 Å². The molecule has 25 heavy (non-hydrogen) atoms. The fraction of sp³-hybridized carbons (Fsp3) is 0.312. The average molecular weight is 349 g/mol. The van der Waals surface area contributed by atoms with Crippen LogP contribution in [0.2, 0.25) is 0 Å². The average Bonchev–Trinajstić information content (AvgIpc) is 3.09. The number of carbonyl (C=O) groups is 1. The van der Waals surface area contributed by atoms with Gasteiger partial charge in [-0.1, -0.05) is 0 Å². The predicted molar refractivity (Wildman–Crippen MR) is 84.2 cm³/mol. The number of aromatic nitrogens is 2. The van der Waals surface area contributed by atoms with Gasteiger partial charge in [0.25, 0.3) is 0 Å². The second-order valence-electron chi connectivity index (χ2n) is 5.58. The maximum atomic E-state index is 13.5. The van der Waals surface area contributed by atoms with Gasteiger partial charge in [0, 0.05) is 12.3 Å². The van der Waals surface area contributed by atoms with Crippen LogP contribution in [-0.2, 0) is 11.3 Å². The number of carbonyl (C=O) groups excluding carboxylic acids is 1. The van der Waals surface area contributed by atoms with Gasteiger partial charge < -0.3 is 10.1 Å². The Morgan fingerprint density at radius 2 is 2.20 bits per heavy atom. The first-order chi connectivity index (χ1) is 12.1. The molecule has 9 heteroatoms. The third kappa shape index (κ3) is 4.68. The van der Waals surface area contributed by atoms with Crippen LogP contribution in [0.15, 0.2) is 36.8 Å². The zero-order valence-corrected chi connectivity index (χ0v) is 13.2. The molecular formula is C16H17F2N5O2. The van der Waals surface area contributed by atoms with Gasteiger partial charge in [-0.15, -0.1) is 0 Å². The summed E-state index contributed by atoms with van der Waals surface area (Å²) < 4.78 is 31.7. The first-order valence-electron chi connectivity index (χ1n) is 7.73. The van der Waals surface area contributed by atoms with Crippen LogP contribution in [0.3, 0.4) is 0 Å². The summed E-state index contributed by atoms with van der Waals surface area (Å²) >= 11 is 0. The largest absolute Gasteiger partial charge is 0.489 e. The predicted octanol–water partition coefficient (Wildman–Crippen LogP) is 0.685. The lowest BCUT2D eigenvalue weighted by molar-refractivity contribution is -0.123. The Bertz CT molecular complexity index is 732. The Balaban J connectivity index is 1.44. The van der Waals surface area contributed by atoms with Crippen molar-refractivity contribution < 1.29 is 18.3 Å². The van der Waals surface area contributed by atoms with Gasteiger partial charge in [-0.3, -0.25) is 10.2 Å². The summed E-state index contributed by atoms with van der Waals surface area (Å²) in [6.45, 7) is 0.451. The van der Waals surface area contributed by atoms with Crippen LogP contribution in [0.1, 0.15) is 12.1 Å². The van der Waals surface area contributed by atoms with Gasteiger partial charge in [0.1, 0.15) is 24.8 Å². The van der Waals surface area contributed by atoms with Crippen LogP contribution in [-0.4, -0.2) is 34.6 Å². The fourth-order valence-electron chi connectivity index (χ4n) is 2.41. The van der Waals surface area contributed by atoms with Gasteiger partial charge in [0.05, 0.1) is 18.3 Å². The van der Waals surface area contributed by atoms with Crippen LogP contribution in [0, 0.1) is 11.6 Å². The second-order valence-corrected chi connectivity index (χ2v) is 5.58. The number of rotatable bonds is 6. The van der Waals surface area contributed by atoms with E-state index in [1.807, 2.05) is 0 Å². The summed E-state index contributed by atoms with van der Waals surface area (Å²) in [5, 5.41) is 2.78. The molecule has 2 aromatic rings. The van der Waals surface area contributed by atoms with Crippen molar-refractivity contribution in [2.24, 2.45) is 0 Å². The highest BCUT2D eigenvalue weighted by Gasteiger charge is 2.29. The Morgan fingerprint density at radius 1 is 1.32 bits per heavy atom. The number of hydrogen-bond donors (Lipinski definition) is 3. The first kappa shape index (κ1) is 17.2. The van der Waals surface area contributed by atoms with Crippen molar-refractivity contribution in [2.45, 2.75) is 25.0 Å². The van der Waals surface area contributed by atoms with E-state index in [-0.39, 0.29) is 24.3 Å². The Labute approximate surface area is 142 Å². The summed E-state index contributed by atoms with van der Waals surface area (Å²) in [6.07, 6.45) is 3.49. The Morgan fingerprint density at radius 3 is 2.96 bits per heavy atom. The van der Waals surface area contributed by atoms with E-state index in [1.165, 1.54) is 12.4 Å². The molecule has 1 fully saturated rings. The molecule has 3 rings (SSSR count). The molecule has 0 bridgehead atoms. The van der Waals surface area contributed by atoms with Crippen LogP contribution in [0.5, 0.6) is 5.75 Å². The molecule has 2 heterocycles. The van der Waals surface area contributed by atoms with E-state index >= 15 is 0 Å². The fourth-order valence-corrected chi connectivity index (χ4v) is 2.41. The molecular weight excluding hydrogens is 332 g/mol. The minimum atomic E-state index is -0.759. The molecule has 2 atom stereocenters. The normalized spacial score (nSPS) is 19.6. The summed E-state index contributed by atoms with van der Waals surface area (Å²) in [7, 11) is 0. The van der Waals surface area contributed by atoms with Gasteiger partial charge in [0.2, 0.25) is 5.91 Å². The maximum absolute atomic E-state index is 13.5. The molecule has 0 radical (unpaired) electrons. The summed E-state index contributed by atoms with van der Waals surface area (Å²) in [5.41, 5.74) is 6.51. The molecule has 1 aromatic heterocycles. The lowest BCUT2D eigenvalue weighted by Gasteiger charge is -2.12. The molecule has 0 aliphatic carbocycles. The number of nitrogens with one attached hydrogen (secondary N) is 3. The van der Waals surface area contributed by atoms with Gasteiger partial charge >= 0.3 is 0 Å². The monoisotopic (exact) mass is 349 g/mol. The van der Waals surface area contributed by atoms with E-state index in [0.29, 0.717) is 18.7 Å². The molecule has 1 aromatic carbocycles. The second kappa shape index (κ2) is 7.95. The van der Waals surface area contributed by atoms with Crippen molar-refractivity contribution in [1.82, 2.24) is 26.1 Å². The molecule has 7 nitrogen and oxygen atoms in total.